The predicted molar refractivity (Wildman–Crippen MR) is 214 cm³/mol. The van der Waals surface area contributed by atoms with Crippen molar-refractivity contribution in [1.82, 2.24) is 0 Å². The summed E-state index contributed by atoms with van der Waals surface area (Å²) in [5, 5.41) is 18.3. The summed E-state index contributed by atoms with van der Waals surface area (Å²) in [6, 6.07) is 0. The zero-order chi connectivity index (χ0) is 38.2. The molecule has 0 rings (SSSR count). The van der Waals surface area contributed by atoms with Crippen molar-refractivity contribution < 1.29 is 43.0 Å². The summed E-state index contributed by atoms with van der Waals surface area (Å²) < 4.78 is 33.3. The average molecular weight is 761 g/mol. The molecule has 52 heavy (non-hydrogen) atoms. The Kier molecular flexibility index (Phi) is 38.8. The predicted octanol–water partition coefficient (Wildman–Crippen LogP) is 11.5. The van der Waals surface area contributed by atoms with Crippen LogP contribution >= 0.6 is 7.82 Å². The fourth-order valence-electron chi connectivity index (χ4n) is 5.81. The van der Waals surface area contributed by atoms with Crippen LogP contribution in [0.3, 0.4) is 0 Å². The summed E-state index contributed by atoms with van der Waals surface area (Å²) in [5.74, 6) is -0.388. The van der Waals surface area contributed by atoms with Crippen LogP contribution in [-0.2, 0) is 27.9 Å². The molecule has 0 saturated carbocycles. The molecular weight excluding hydrogens is 679 g/mol. The Morgan fingerprint density at radius 3 is 1.46 bits per heavy atom. The molecule has 0 heterocycles. The maximum Gasteiger partial charge on any atom is 0.472 e. The van der Waals surface area contributed by atoms with Crippen LogP contribution in [0.2, 0.25) is 0 Å². The molecule has 0 aromatic rings. The number of ether oxygens (including phenoxy) is 2. The lowest BCUT2D eigenvalue weighted by atomic mass is 10.1. The Labute approximate surface area is 319 Å². The Hall–Kier alpha value is -1.06. The number of phosphoric acid groups is 1. The van der Waals surface area contributed by atoms with E-state index in [-0.39, 0.29) is 25.6 Å². The van der Waals surface area contributed by atoms with Crippen molar-refractivity contribution in [2.24, 2.45) is 0 Å². The zero-order valence-corrected chi connectivity index (χ0v) is 34.4. The van der Waals surface area contributed by atoms with Gasteiger partial charge in [0, 0.05) is 13.0 Å². The first-order valence-corrected chi connectivity index (χ1v) is 22.8. The smallest absolute Gasteiger partial charge is 0.457 e. The van der Waals surface area contributed by atoms with Crippen molar-refractivity contribution in [2.75, 3.05) is 33.0 Å². The maximum absolute atomic E-state index is 12.6. The van der Waals surface area contributed by atoms with E-state index < -0.39 is 33.2 Å². The number of carbonyl (C=O) groups is 1. The van der Waals surface area contributed by atoms with Gasteiger partial charge in [0.25, 0.3) is 0 Å². The van der Waals surface area contributed by atoms with Gasteiger partial charge in [-0.05, 0) is 64.2 Å². The largest absolute Gasteiger partial charge is 0.472 e. The highest BCUT2D eigenvalue weighted by Gasteiger charge is 2.26. The van der Waals surface area contributed by atoms with Crippen LogP contribution in [0, 0.1) is 0 Å². The van der Waals surface area contributed by atoms with E-state index in [0.29, 0.717) is 6.61 Å². The van der Waals surface area contributed by atoms with Gasteiger partial charge in [-0.25, -0.2) is 4.57 Å². The second kappa shape index (κ2) is 39.6. The topological polar surface area (TPSA) is 132 Å². The molecule has 0 fully saturated rings. The minimum absolute atomic E-state index is 0.0457. The number of carbonyl (C=O) groups excluding carboxylic acids is 1. The van der Waals surface area contributed by atoms with Crippen molar-refractivity contribution in [2.45, 2.75) is 206 Å². The summed E-state index contributed by atoms with van der Waals surface area (Å²) >= 11 is 0. The van der Waals surface area contributed by atoms with E-state index in [1.807, 2.05) is 0 Å². The van der Waals surface area contributed by atoms with Crippen LogP contribution in [-0.4, -0.2) is 66.3 Å². The molecule has 9 nitrogen and oxygen atoms in total. The molecule has 0 radical (unpaired) electrons. The highest BCUT2D eigenvalue weighted by molar-refractivity contribution is 7.47. The number of phosphoric ester groups is 1. The maximum atomic E-state index is 12.6. The Morgan fingerprint density at radius 1 is 0.577 bits per heavy atom. The molecule has 0 aliphatic heterocycles. The van der Waals surface area contributed by atoms with Crippen molar-refractivity contribution in [3.8, 4) is 0 Å². The van der Waals surface area contributed by atoms with E-state index in [1.165, 1.54) is 116 Å². The van der Waals surface area contributed by atoms with Crippen molar-refractivity contribution in [3.05, 3.63) is 24.3 Å². The molecule has 3 unspecified atom stereocenters. The molecule has 0 aromatic carbocycles. The second-order valence-corrected chi connectivity index (χ2v) is 15.8. The Balaban J connectivity index is 4.18. The van der Waals surface area contributed by atoms with Gasteiger partial charge in [-0.2, -0.15) is 0 Å². The molecule has 308 valence electrons. The number of hydrogen-bond donors (Lipinski definition) is 3. The summed E-state index contributed by atoms with van der Waals surface area (Å²) in [6.07, 6.45) is 39.9. The first-order chi connectivity index (χ1) is 25.3. The minimum Gasteiger partial charge on any atom is -0.457 e. The van der Waals surface area contributed by atoms with Crippen molar-refractivity contribution >= 4 is 13.8 Å². The van der Waals surface area contributed by atoms with Gasteiger partial charge in [-0.15, -0.1) is 0 Å². The number of hydrogen-bond acceptors (Lipinski definition) is 8. The van der Waals surface area contributed by atoms with Gasteiger partial charge >= 0.3 is 13.8 Å². The highest BCUT2D eigenvalue weighted by Crippen LogP contribution is 2.43. The van der Waals surface area contributed by atoms with Gasteiger partial charge in [0.05, 0.1) is 26.4 Å². The average Bonchev–Trinajstić information content (AvgIpc) is 3.13. The lowest BCUT2D eigenvalue weighted by molar-refractivity contribution is -0.154. The monoisotopic (exact) mass is 761 g/mol. The molecule has 0 amide bonds. The molecule has 0 saturated heterocycles. The van der Waals surface area contributed by atoms with E-state index in [1.54, 1.807) is 0 Å². The molecule has 0 aliphatic rings. The number of aliphatic hydroxyl groups excluding tert-OH is 2. The molecule has 3 N–H and O–H groups in total. The molecule has 0 bridgehead atoms. The van der Waals surface area contributed by atoms with Crippen molar-refractivity contribution in [3.63, 3.8) is 0 Å². The molecule has 0 aromatic heterocycles. The summed E-state index contributed by atoms with van der Waals surface area (Å²) in [4.78, 5) is 22.5. The van der Waals surface area contributed by atoms with Crippen LogP contribution in [0.4, 0.5) is 0 Å². The number of esters is 1. The zero-order valence-electron chi connectivity index (χ0n) is 33.5. The molecular formula is C42H81O9P. The Morgan fingerprint density at radius 2 is 0.981 bits per heavy atom. The molecule has 0 spiro atoms. The minimum atomic E-state index is -4.51. The van der Waals surface area contributed by atoms with Crippen LogP contribution in [0.1, 0.15) is 194 Å². The lowest BCUT2D eigenvalue weighted by Crippen LogP contribution is -2.29. The molecule has 0 aliphatic carbocycles. The van der Waals surface area contributed by atoms with Crippen molar-refractivity contribution in [1.29, 1.82) is 0 Å². The third-order valence-corrected chi connectivity index (χ3v) is 10.1. The number of aliphatic hydroxyl groups is 2. The van der Waals surface area contributed by atoms with E-state index in [4.69, 9.17) is 23.6 Å². The standard InChI is InChI=1S/C42H81O9P/c1-3-5-7-9-11-13-15-17-19-20-21-22-24-26-28-30-32-34-42(45)51-41(39-50-52(46,47)49-37-40(44)36-43)38-48-35-33-31-29-27-25-23-18-16-14-12-10-8-6-4-2/h14,16-17,19,40-41,43-44H,3-13,15,18,20-39H2,1-2H3,(H,46,47)/b16-14-,19-17-. The third kappa shape index (κ3) is 38.7. The number of unbranched alkanes of at least 4 members (excludes halogenated alkanes) is 23. The van der Waals surface area contributed by atoms with Crippen LogP contribution in [0.5, 0.6) is 0 Å². The Bertz CT molecular complexity index is 866. The van der Waals surface area contributed by atoms with E-state index >= 15 is 0 Å². The first kappa shape index (κ1) is 50.9. The fraction of sp³-hybridized carbons (Fsp3) is 0.881. The fourth-order valence-corrected chi connectivity index (χ4v) is 6.60. The quantitative estimate of drug-likeness (QED) is 0.0241. The van der Waals surface area contributed by atoms with Gasteiger partial charge in [0.15, 0.2) is 0 Å². The van der Waals surface area contributed by atoms with E-state index in [0.717, 1.165) is 57.8 Å². The number of allylic oxidation sites excluding steroid dienone is 4. The summed E-state index contributed by atoms with van der Waals surface area (Å²) in [5.41, 5.74) is 0. The highest BCUT2D eigenvalue weighted by atomic mass is 31.2. The van der Waals surface area contributed by atoms with Gasteiger partial charge in [0.2, 0.25) is 0 Å². The van der Waals surface area contributed by atoms with E-state index in [9.17, 15) is 19.4 Å². The van der Waals surface area contributed by atoms with Gasteiger partial charge in [-0.3, -0.25) is 13.8 Å². The van der Waals surface area contributed by atoms with Crippen LogP contribution in [0.25, 0.3) is 0 Å². The van der Waals surface area contributed by atoms with E-state index in [2.05, 4.69) is 38.2 Å². The van der Waals surface area contributed by atoms with Gasteiger partial charge in [-0.1, -0.05) is 147 Å². The lowest BCUT2D eigenvalue weighted by Gasteiger charge is -2.20. The molecule has 10 heteroatoms. The third-order valence-electron chi connectivity index (χ3n) is 9.11. The second-order valence-electron chi connectivity index (χ2n) is 14.4. The van der Waals surface area contributed by atoms with Crippen LogP contribution < -0.4 is 0 Å². The normalized spacial score (nSPS) is 14.3. The summed E-state index contributed by atoms with van der Waals surface area (Å²) in [6.45, 7) is 3.50. The summed E-state index contributed by atoms with van der Waals surface area (Å²) in [7, 11) is -4.51. The van der Waals surface area contributed by atoms with Gasteiger partial charge < -0.3 is 24.6 Å². The first-order valence-electron chi connectivity index (χ1n) is 21.3. The van der Waals surface area contributed by atoms with Crippen LogP contribution in [0.15, 0.2) is 24.3 Å². The number of rotatable bonds is 41. The molecule has 3 atom stereocenters. The SMILES string of the molecule is CCCCCC/C=C\CCCCCCCCOCC(COP(=O)(O)OCC(O)CO)OC(=O)CCCCCCCCC/C=C\CCCCCCCC. The van der Waals surface area contributed by atoms with Gasteiger partial charge in [0.1, 0.15) is 12.2 Å².